The minimum absolute atomic E-state index is 0.0426. The lowest BCUT2D eigenvalue weighted by Gasteiger charge is -2.30. The fraction of sp³-hybridized carbons (Fsp3) is 0.333. The van der Waals surface area contributed by atoms with Crippen LogP contribution in [0.4, 0.5) is 4.39 Å². The van der Waals surface area contributed by atoms with Crippen LogP contribution in [0.2, 0.25) is 0 Å². The molecule has 164 valence electrons. The molecule has 1 aliphatic rings. The van der Waals surface area contributed by atoms with Crippen LogP contribution in [0.25, 0.3) is 11.4 Å². The van der Waals surface area contributed by atoms with E-state index >= 15 is 0 Å². The van der Waals surface area contributed by atoms with E-state index < -0.39 is 15.8 Å². The number of benzene rings is 2. The van der Waals surface area contributed by atoms with Crippen LogP contribution in [0.15, 0.2) is 51.9 Å². The van der Waals surface area contributed by atoms with Crippen LogP contribution >= 0.6 is 0 Å². The summed E-state index contributed by atoms with van der Waals surface area (Å²) in [5, 5.41) is 3.94. The quantitative estimate of drug-likeness (QED) is 0.571. The average Bonchev–Trinajstić information content (AvgIpc) is 3.29. The summed E-state index contributed by atoms with van der Waals surface area (Å²) < 4.78 is 57.4. The Labute approximate surface area is 179 Å². The largest absolute Gasteiger partial charge is 0.497 e. The van der Waals surface area contributed by atoms with Crippen molar-refractivity contribution >= 4 is 10.0 Å². The van der Waals surface area contributed by atoms with Gasteiger partial charge in [-0.05, 0) is 37.1 Å². The topological polar surface area (TPSA) is 94.8 Å². The van der Waals surface area contributed by atoms with Crippen molar-refractivity contribution in [3.8, 4) is 22.9 Å². The molecule has 2 aromatic carbocycles. The lowest BCUT2D eigenvalue weighted by Crippen LogP contribution is -2.39. The highest BCUT2D eigenvalue weighted by molar-refractivity contribution is 7.89. The number of nitrogens with zero attached hydrogens (tertiary/aromatic N) is 3. The van der Waals surface area contributed by atoms with Crippen molar-refractivity contribution < 1.29 is 26.8 Å². The fourth-order valence-corrected chi connectivity index (χ4v) is 5.33. The van der Waals surface area contributed by atoms with Crippen LogP contribution in [0.3, 0.4) is 0 Å². The number of rotatable bonds is 6. The molecular weight excluding hydrogens is 425 g/mol. The Kier molecular flexibility index (Phi) is 5.92. The predicted molar refractivity (Wildman–Crippen MR) is 110 cm³/mol. The minimum atomic E-state index is -3.84. The maximum atomic E-state index is 13.5. The SMILES string of the molecule is COc1ccc(OC)c(S(=O)(=O)N2CCCC(c3nc(-c4cccc(F)c4)no3)C2)c1. The second-order valence-electron chi connectivity index (χ2n) is 7.19. The first-order valence-corrected chi connectivity index (χ1v) is 11.2. The molecule has 0 radical (unpaired) electrons. The monoisotopic (exact) mass is 447 g/mol. The summed E-state index contributed by atoms with van der Waals surface area (Å²) in [5.74, 6) is 0.598. The van der Waals surface area contributed by atoms with E-state index in [0.717, 1.165) is 0 Å². The number of ether oxygens (including phenoxy) is 2. The molecule has 1 saturated heterocycles. The van der Waals surface area contributed by atoms with Gasteiger partial charge in [0.2, 0.25) is 21.7 Å². The van der Waals surface area contributed by atoms with E-state index in [2.05, 4.69) is 10.1 Å². The molecule has 1 aliphatic heterocycles. The predicted octanol–water partition coefficient (Wildman–Crippen LogP) is 3.46. The van der Waals surface area contributed by atoms with Gasteiger partial charge in [0, 0.05) is 24.7 Å². The van der Waals surface area contributed by atoms with Gasteiger partial charge in [-0.25, -0.2) is 12.8 Å². The molecule has 0 spiro atoms. The summed E-state index contributed by atoms with van der Waals surface area (Å²) in [6.07, 6.45) is 1.33. The Bertz CT molecular complexity index is 1180. The lowest BCUT2D eigenvalue weighted by molar-refractivity contribution is 0.265. The third-order valence-electron chi connectivity index (χ3n) is 5.25. The number of hydrogen-bond donors (Lipinski definition) is 0. The molecule has 1 aromatic heterocycles. The molecule has 4 rings (SSSR count). The molecule has 1 unspecified atom stereocenters. The molecule has 0 N–H and O–H groups in total. The Morgan fingerprint density at radius 3 is 2.74 bits per heavy atom. The molecule has 0 aliphatic carbocycles. The van der Waals surface area contributed by atoms with Crippen LogP contribution < -0.4 is 9.47 Å². The minimum Gasteiger partial charge on any atom is -0.497 e. The zero-order valence-corrected chi connectivity index (χ0v) is 17.9. The third-order valence-corrected chi connectivity index (χ3v) is 7.13. The lowest BCUT2D eigenvalue weighted by atomic mass is 10.00. The molecule has 0 bridgehead atoms. The van der Waals surface area contributed by atoms with E-state index in [1.807, 2.05) is 0 Å². The van der Waals surface area contributed by atoms with Gasteiger partial charge in [-0.3, -0.25) is 0 Å². The summed E-state index contributed by atoms with van der Waals surface area (Å²) in [7, 11) is -0.944. The van der Waals surface area contributed by atoms with E-state index in [-0.39, 0.29) is 28.9 Å². The summed E-state index contributed by atoms with van der Waals surface area (Å²) in [6, 6.07) is 10.6. The van der Waals surface area contributed by atoms with E-state index in [1.165, 1.54) is 36.7 Å². The van der Waals surface area contributed by atoms with Crippen LogP contribution in [0.1, 0.15) is 24.7 Å². The van der Waals surface area contributed by atoms with Gasteiger partial charge in [-0.1, -0.05) is 17.3 Å². The fourth-order valence-electron chi connectivity index (χ4n) is 3.63. The van der Waals surface area contributed by atoms with Crippen LogP contribution in [-0.2, 0) is 10.0 Å². The van der Waals surface area contributed by atoms with Gasteiger partial charge < -0.3 is 14.0 Å². The van der Waals surface area contributed by atoms with Gasteiger partial charge in [-0.2, -0.15) is 9.29 Å². The average molecular weight is 447 g/mol. The van der Waals surface area contributed by atoms with Crippen molar-refractivity contribution in [1.29, 1.82) is 0 Å². The molecule has 3 aromatic rings. The molecular formula is C21H22FN3O5S. The first-order valence-electron chi connectivity index (χ1n) is 9.74. The molecule has 1 atom stereocenters. The van der Waals surface area contributed by atoms with Crippen molar-refractivity contribution in [3.63, 3.8) is 0 Å². The van der Waals surface area contributed by atoms with E-state index in [1.54, 1.807) is 24.3 Å². The summed E-state index contributed by atoms with van der Waals surface area (Å²) in [6.45, 7) is 0.553. The van der Waals surface area contributed by atoms with Gasteiger partial charge in [0.25, 0.3) is 0 Å². The molecule has 0 saturated carbocycles. The Morgan fingerprint density at radius 1 is 1.16 bits per heavy atom. The second-order valence-corrected chi connectivity index (χ2v) is 9.09. The Hall–Kier alpha value is -2.98. The van der Waals surface area contributed by atoms with Gasteiger partial charge in [0.1, 0.15) is 22.2 Å². The summed E-state index contributed by atoms with van der Waals surface area (Å²) in [4.78, 5) is 4.43. The standard InChI is InChI=1S/C21H22FN3O5S/c1-28-17-8-9-18(29-2)19(12-17)31(26,27)25-10-4-6-15(13-25)21-23-20(24-30-21)14-5-3-7-16(22)11-14/h3,5,7-9,11-12,15H,4,6,10,13H2,1-2H3. The van der Waals surface area contributed by atoms with Crippen molar-refractivity contribution in [3.05, 3.63) is 54.2 Å². The van der Waals surface area contributed by atoms with E-state index in [4.69, 9.17) is 14.0 Å². The van der Waals surface area contributed by atoms with Crippen molar-refractivity contribution in [1.82, 2.24) is 14.4 Å². The molecule has 10 heteroatoms. The Morgan fingerprint density at radius 2 is 2.00 bits per heavy atom. The van der Waals surface area contributed by atoms with Gasteiger partial charge in [0.15, 0.2) is 0 Å². The van der Waals surface area contributed by atoms with Crippen molar-refractivity contribution in [2.45, 2.75) is 23.7 Å². The highest BCUT2D eigenvalue weighted by atomic mass is 32.2. The van der Waals surface area contributed by atoms with E-state index in [0.29, 0.717) is 36.6 Å². The highest BCUT2D eigenvalue weighted by Crippen LogP contribution is 2.35. The first-order chi connectivity index (χ1) is 14.9. The van der Waals surface area contributed by atoms with Crippen molar-refractivity contribution in [2.24, 2.45) is 0 Å². The number of sulfonamides is 1. The summed E-state index contributed by atoms with van der Waals surface area (Å²) in [5.41, 5.74) is 0.497. The van der Waals surface area contributed by atoms with Crippen molar-refractivity contribution in [2.75, 3.05) is 27.3 Å². The smallest absolute Gasteiger partial charge is 0.246 e. The maximum absolute atomic E-state index is 13.5. The number of aromatic nitrogens is 2. The Balaban J connectivity index is 1.59. The van der Waals surface area contributed by atoms with Gasteiger partial charge >= 0.3 is 0 Å². The number of hydrogen-bond acceptors (Lipinski definition) is 7. The van der Waals surface area contributed by atoms with Gasteiger partial charge in [0.05, 0.1) is 20.1 Å². The van der Waals surface area contributed by atoms with E-state index in [9.17, 15) is 12.8 Å². The van der Waals surface area contributed by atoms with Crippen LogP contribution in [0.5, 0.6) is 11.5 Å². The molecule has 1 fully saturated rings. The maximum Gasteiger partial charge on any atom is 0.246 e. The highest BCUT2D eigenvalue weighted by Gasteiger charge is 2.35. The first kappa shape index (κ1) is 21.3. The van der Waals surface area contributed by atoms with Crippen LogP contribution in [0, 0.1) is 5.82 Å². The number of piperidine rings is 1. The molecule has 2 heterocycles. The molecule has 0 amide bonds. The summed E-state index contributed by atoms with van der Waals surface area (Å²) >= 11 is 0. The normalized spacial score (nSPS) is 17.5. The second kappa shape index (κ2) is 8.64. The molecule has 8 nitrogen and oxygen atoms in total. The van der Waals surface area contributed by atoms with Crippen LogP contribution in [-0.4, -0.2) is 50.2 Å². The number of halogens is 1. The molecule has 31 heavy (non-hydrogen) atoms. The third kappa shape index (κ3) is 4.26. The zero-order chi connectivity index (χ0) is 22.0. The van der Waals surface area contributed by atoms with Gasteiger partial charge in [-0.15, -0.1) is 0 Å². The zero-order valence-electron chi connectivity index (χ0n) is 17.1. The number of methoxy groups -OCH3 is 2.